The molecule has 2 aromatic rings. The van der Waals surface area contributed by atoms with Gasteiger partial charge in [-0.3, -0.25) is 9.59 Å². The molecule has 152 valence electrons. The molecule has 2 amide bonds. The predicted octanol–water partition coefficient (Wildman–Crippen LogP) is 2.70. The van der Waals surface area contributed by atoms with Gasteiger partial charge in [-0.05, 0) is 24.5 Å². The van der Waals surface area contributed by atoms with Crippen molar-refractivity contribution < 1.29 is 14.3 Å². The van der Waals surface area contributed by atoms with E-state index in [4.69, 9.17) is 4.74 Å². The second kappa shape index (κ2) is 8.37. The lowest BCUT2D eigenvalue weighted by molar-refractivity contribution is -0.142. The van der Waals surface area contributed by atoms with Crippen LogP contribution in [0.5, 0.6) is 0 Å². The number of hydrogen-bond donors (Lipinski definition) is 0. The molecule has 2 aliphatic rings. The van der Waals surface area contributed by atoms with E-state index in [0.29, 0.717) is 32.8 Å². The predicted molar refractivity (Wildman–Crippen MR) is 111 cm³/mol. The maximum Gasteiger partial charge on any atom is 0.248 e. The van der Waals surface area contributed by atoms with Crippen LogP contribution < -0.4 is 0 Å². The number of likely N-dealkylation sites (tertiary alicyclic amines) is 1. The topological polar surface area (TPSA) is 49.9 Å². The highest BCUT2D eigenvalue weighted by Gasteiger charge is 2.55. The van der Waals surface area contributed by atoms with Crippen molar-refractivity contribution in [1.82, 2.24) is 9.80 Å². The molecular weight excluding hydrogens is 364 g/mol. The molecule has 4 rings (SSSR count). The quantitative estimate of drug-likeness (QED) is 0.760. The summed E-state index contributed by atoms with van der Waals surface area (Å²) in [4.78, 5) is 29.9. The first-order valence-electron chi connectivity index (χ1n) is 10.4. The first kappa shape index (κ1) is 19.6. The van der Waals surface area contributed by atoms with Crippen LogP contribution in [0.15, 0.2) is 60.7 Å². The molecule has 0 radical (unpaired) electrons. The zero-order valence-corrected chi connectivity index (χ0v) is 16.9. The standard InChI is InChI=1S/C24H28N2O3/c1-2-25-17-21(13-14-26-15-16-29-18-22(26)27)24(23(25)28,19-9-5-3-6-10-19)20-11-7-4-8-12-20/h3-12,21H,2,13-18H2,1H3/t21-/m1/s1. The molecule has 29 heavy (non-hydrogen) atoms. The monoisotopic (exact) mass is 392 g/mol. The SMILES string of the molecule is CCN1C[C@@H](CCN2CCOCC2=O)C(c2ccccc2)(c2ccccc2)C1=O. The fourth-order valence-electron chi connectivity index (χ4n) is 4.88. The molecule has 0 unspecified atom stereocenters. The maximum absolute atomic E-state index is 13.8. The third-order valence-electron chi connectivity index (χ3n) is 6.35. The largest absolute Gasteiger partial charge is 0.370 e. The minimum atomic E-state index is -0.714. The Morgan fingerprint density at radius 2 is 1.59 bits per heavy atom. The van der Waals surface area contributed by atoms with Crippen LogP contribution in [-0.4, -0.2) is 61.0 Å². The van der Waals surface area contributed by atoms with Gasteiger partial charge in [0.25, 0.3) is 0 Å². The fourth-order valence-corrected chi connectivity index (χ4v) is 4.88. The highest BCUT2D eigenvalue weighted by molar-refractivity contribution is 5.94. The minimum absolute atomic E-state index is 0.0398. The zero-order chi connectivity index (χ0) is 20.3. The summed E-state index contributed by atoms with van der Waals surface area (Å²) in [6, 6.07) is 20.3. The molecule has 2 aliphatic heterocycles. The second-order valence-corrected chi connectivity index (χ2v) is 7.80. The molecule has 5 heteroatoms. The highest BCUT2D eigenvalue weighted by atomic mass is 16.5. The van der Waals surface area contributed by atoms with Crippen molar-refractivity contribution in [3.63, 3.8) is 0 Å². The highest BCUT2D eigenvalue weighted by Crippen LogP contribution is 2.47. The number of rotatable bonds is 6. The molecule has 0 N–H and O–H groups in total. The van der Waals surface area contributed by atoms with Gasteiger partial charge >= 0.3 is 0 Å². The summed E-state index contributed by atoms with van der Waals surface area (Å²) in [5.41, 5.74) is 1.35. The van der Waals surface area contributed by atoms with Gasteiger partial charge in [-0.2, -0.15) is 0 Å². The van der Waals surface area contributed by atoms with Crippen LogP contribution in [0.4, 0.5) is 0 Å². The van der Waals surface area contributed by atoms with Gasteiger partial charge in [0.05, 0.1) is 6.61 Å². The average Bonchev–Trinajstić information content (AvgIpc) is 3.06. The molecule has 0 saturated carbocycles. The first-order valence-corrected chi connectivity index (χ1v) is 10.4. The Morgan fingerprint density at radius 3 is 2.14 bits per heavy atom. The molecular formula is C24H28N2O3. The smallest absolute Gasteiger partial charge is 0.248 e. The Morgan fingerprint density at radius 1 is 0.966 bits per heavy atom. The third-order valence-corrected chi connectivity index (χ3v) is 6.35. The van der Waals surface area contributed by atoms with Gasteiger partial charge in [-0.1, -0.05) is 60.7 Å². The lowest BCUT2D eigenvalue weighted by Crippen LogP contribution is -2.45. The Hall–Kier alpha value is -2.66. The van der Waals surface area contributed by atoms with Crippen LogP contribution in [0.2, 0.25) is 0 Å². The van der Waals surface area contributed by atoms with Crippen molar-refractivity contribution in [2.45, 2.75) is 18.8 Å². The van der Waals surface area contributed by atoms with Crippen molar-refractivity contribution >= 4 is 11.8 Å². The molecule has 2 saturated heterocycles. The van der Waals surface area contributed by atoms with Crippen molar-refractivity contribution in [2.75, 3.05) is 39.4 Å². The Balaban J connectivity index is 1.74. The number of benzene rings is 2. The van der Waals surface area contributed by atoms with Crippen LogP contribution in [-0.2, 0) is 19.7 Å². The van der Waals surface area contributed by atoms with Gasteiger partial charge in [-0.25, -0.2) is 0 Å². The van der Waals surface area contributed by atoms with Gasteiger partial charge in [0, 0.05) is 32.1 Å². The zero-order valence-electron chi connectivity index (χ0n) is 16.9. The maximum atomic E-state index is 13.8. The van der Waals surface area contributed by atoms with Crippen LogP contribution in [0.25, 0.3) is 0 Å². The number of ether oxygens (including phenoxy) is 1. The number of likely N-dealkylation sites (N-methyl/N-ethyl adjacent to an activating group) is 1. The lowest BCUT2D eigenvalue weighted by atomic mass is 9.66. The summed E-state index contributed by atoms with van der Waals surface area (Å²) in [6.45, 7) is 5.45. The van der Waals surface area contributed by atoms with E-state index in [-0.39, 0.29) is 24.3 Å². The van der Waals surface area contributed by atoms with E-state index in [1.54, 1.807) is 0 Å². The molecule has 0 aliphatic carbocycles. The Kier molecular flexibility index (Phi) is 5.67. The molecule has 2 aromatic carbocycles. The molecule has 5 nitrogen and oxygen atoms in total. The summed E-state index contributed by atoms with van der Waals surface area (Å²) in [5.74, 6) is 0.295. The summed E-state index contributed by atoms with van der Waals surface area (Å²) in [5, 5.41) is 0. The second-order valence-electron chi connectivity index (χ2n) is 7.80. The average molecular weight is 392 g/mol. The fraction of sp³-hybridized carbons (Fsp3) is 0.417. The lowest BCUT2D eigenvalue weighted by Gasteiger charge is -2.36. The Labute approximate surface area is 172 Å². The van der Waals surface area contributed by atoms with E-state index in [1.165, 1.54) is 0 Å². The Bertz CT molecular complexity index is 813. The minimum Gasteiger partial charge on any atom is -0.370 e. The van der Waals surface area contributed by atoms with E-state index in [9.17, 15) is 9.59 Å². The summed E-state index contributed by atoms with van der Waals surface area (Å²) >= 11 is 0. The van der Waals surface area contributed by atoms with E-state index in [1.807, 2.05) is 53.1 Å². The van der Waals surface area contributed by atoms with Gasteiger partial charge in [0.1, 0.15) is 12.0 Å². The number of amides is 2. The van der Waals surface area contributed by atoms with Crippen LogP contribution in [0, 0.1) is 5.92 Å². The summed E-state index contributed by atoms with van der Waals surface area (Å²) in [7, 11) is 0. The molecule has 2 fully saturated rings. The van der Waals surface area contributed by atoms with Crippen molar-refractivity contribution in [1.29, 1.82) is 0 Å². The van der Waals surface area contributed by atoms with Gasteiger partial charge in [0.15, 0.2) is 0 Å². The van der Waals surface area contributed by atoms with Gasteiger partial charge in [-0.15, -0.1) is 0 Å². The molecule has 1 atom stereocenters. The number of carbonyl (C=O) groups excluding carboxylic acids is 2. The van der Waals surface area contributed by atoms with Crippen molar-refractivity contribution in [2.24, 2.45) is 5.92 Å². The third kappa shape index (κ3) is 3.44. The normalized spacial score (nSPS) is 21.6. The number of nitrogens with zero attached hydrogens (tertiary/aromatic N) is 2. The molecule has 0 spiro atoms. The summed E-state index contributed by atoms with van der Waals surface area (Å²) in [6.07, 6.45) is 0.776. The molecule has 2 heterocycles. The van der Waals surface area contributed by atoms with Crippen LogP contribution >= 0.6 is 0 Å². The van der Waals surface area contributed by atoms with E-state index < -0.39 is 5.41 Å². The van der Waals surface area contributed by atoms with Crippen molar-refractivity contribution in [3.05, 3.63) is 71.8 Å². The first-order chi connectivity index (χ1) is 14.2. The van der Waals surface area contributed by atoms with Crippen LogP contribution in [0.3, 0.4) is 0 Å². The van der Waals surface area contributed by atoms with Crippen molar-refractivity contribution in [3.8, 4) is 0 Å². The van der Waals surface area contributed by atoms with E-state index in [2.05, 4.69) is 24.3 Å². The van der Waals surface area contributed by atoms with E-state index >= 15 is 0 Å². The number of hydrogen-bond acceptors (Lipinski definition) is 3. The summed E-state index contributed by atoms with van der Waals surface area (Å²) < 4.78 is 5.26. The molecule has 0 aromatic heterocycles. The van der Waals surface area contributed by atoms with Gasteiger partial charge in [0.2, 0.25) is 11.8 Å². The molecule has 0 bridgehead atoms. The number of carbonyl (C=O) groups is 2. The number of morpholine rings is 1. The van der Waals surface area contributed by atoms with Gasteiger partial charge < -0.3 is 14.5 Å². The van der Waals surface area contributed by atoms with Crippen LogP contribution in [0.1, 0.15) is 24.5 Å². The van der Waals surface area contributed by atoms with E-state index in [0.717, 1.165) is 17.5 Å².